The van der Waals surface area contributed by atoms with Gasteiger partial charge in [-0.15, -0.1) is 11.3 Å². The number of thiophene rings is 1. The highest BCUT2D eigenvalue weighted by atomic mass is 35.5. The van der Waals surface area contributed by atoms with E-state index in [9.17, 15) is 0 Å². The van der Waals surface area contributed by atoms with Crippen LogP contribution in [0.5, 0.6) is 11.5 Å². The molecule has 1 aromatic heterocycles. The number of ether oxygens (including phenoxy) is 2. The molecule has 1 atom stereocenters. The highest BCUT2D eigenvalue weighted by Gasteiger charge is 2.18. The lowest BCUT2D eigenvalue weighted by atomic mass is 10.0. The maximum absolute atomic E-state index is 6.31. The number of halogens is 1. The Hall–Kier alpha value is -1.23. The Morgan fingerprint density at radius 2 is 1.95 bits per heavy atom. The third-order valence-corrected chi connectivity index (χ3v) is 4.59. The first-order chi connectivity index (χ1) is 9.06. The van der Waals surface area contributed by atoms with E-state index < -0.39 is 0 Å². The number of hydrogen-bond donors (Lipinski definition) is 1. The predicted molar refractivity (Wildman–Crippen MR) is 79.6 cm³/mol. The molecule has 2 rings (SSSR count). The number of hydrogen-bond acceptors (Lipinski definition) is 4. The van der Waals surface area contributed by atoms with Gasteiger partial charge in [0.25, 0.3) is 0 Å². The maximum atomic E-state index is 6.31. The first-order valence-corrected chi connectivity index (χ1v) is 6.99. The summed E-state index contributed by atoms with van der Waals surface area (Å²) in [5, 5.41) is 0. The van der Waals surface area contributed by atoms with Crippen LogP contribution in [0.25, 0.3) is 0 Å². The van der Waals surface area contributed by atoms with Crippen LogP contribution < -0.4 is 15.2 Å². The fourth-order valence-corrected chi connectivity index (χ4v) is 3.11. The van der Waals surface area contributed by atoms with Gasteiger partial charge in [0.05, 0.1) is 24.6 Å². The maximum Gasteiger partial charge on any atom is 0.124 e. The summed E-state index contributed by atoms with van der Waals surface area (Å²) in [6, 6.07) is 7.34. The second-order valence-corrected chi connectivity index (χ2v) is 5.88. The Balaban J connectivity index is 2.44. The SMILES string of the molecule is COc1ccc(OC)c(C(N)c2cc(C)c(Cl)s2)c1. The van der Waals surface area contributed by atoms with E-state index in [2.05, 4.69) is 0 Å². The molecule has 1 aromatic carbocycles. The zero-order valence-electron chi connectivity index (χ0n) is 11.1. The minimum Gasteiger partial charge on any atom is -0.497 e. The summed E-state index contributed by atoms with van der Waals surface area (Å²) in [7, 11) is 3.26. The van der Waals surface area contributed by atoms with E-state index in [4.69, 9.17) is 26.8 Å². The molecule has 1 unspecified atom stereocenters. The summed E-state index contributed by atoms with van der Waals surface area (Å²) in [6.45, 7) is 1.97. The number of nitrogens with two attached hydrogens (primary N) is 1. The Labute approximate surface area is 121 Å². The van der Waals surface area contributed by atoms with Crippen molar-refractivity contribution in [3.63, 3.8) is 0 Å². The van der Waals surface area contributed by atoms with Crippen LogP contribution in [-0.4, -0.2) is 14.2 Å². The van der Waals surface area contributed by atoms with Crippen molar-refractivity contribution in [2.45, 2.75) is 13.0 Å². The summed E-state index contributed by atoms with van der Waals surface area (Å²) in [4.78, 5) is 1.01. The molecule has 0 fully saturated rings. The van der Waals surface area contributed by atoms with Gasteiger partial charge in [0.15, 0.2) is 0 Å². The number of aryl methyl sites for hydroxylation is 1. The molecule has 2 N–H and O–H groups in total. The monoisotopic (exact) mass is 297 g/mol. The van der Waals surface area contributed by atoms with Crippen molar-refractivity contribution in [1.29, 1.82) is 0 Å². The average Bonchev–Trinajstić information content (AvgIpc) is 2.77. The van der Waals surface area contributed by atoms with Crippen molar-refractivity contribution < 1.29 is 9.47 Å². The van der Waals surface area contributed by atoms with E-state index in [1.54, 1.807) is 14.2 Å². The second kappa shape index (κ2) is 5.82. The molecule has 0 aliphatic carbocycles. The van der Waals surface area contributed by atoms with Crippen LogP contribution in [0.3, 0.4) is 0 Å². The Bertz CT molecular complexity index is 563. The molecular formula is C14H16ClNO2S. The Morgan fingerprint density at radius 3 is 2.47 bits per heavy atom. The molecule has 0 amide bonds. The second-order valence-electron chi connectivity index (χ2n) is 4.19. The van der Waals surface area contributed by atoms with Crippen molar-refractivity contribution in [2.75, 3.05) is 14.2 Å². The molecule has 5 heteroatoms. The van der Waals surface area contributed by atoms with Crippen molar-refractivity contribution in [1.82, 2.24) is 0 Å². The number of rotatable bonds is 4. The first kappa shape index (κ1) is 14.2. The van der Waals surface area contributed by atoms with E-state index in [0.29, 0.717) is 0 Å². The zero-order valence-corrected chi connectivity index (χ0v) is 12.6. The smallest absolute Gasteiger partial charge is 0.124 e. The topological polar surface area (TPSA) is 44.5 Å². The van der Waals surface area contributed by atoms with E-state index in [1.807, 2.05) is 31.2 Å². The summed E-state index contributed by atoms with van der Waals surface area (Å²) in [5.74, 6) is 1.50. The zero-order chi connectivity index (χ0) is 14.0. The summed E-state index contributed by atoms with van der Waals surface area (Å²) in [6.07, 6.45) is 0. The fourth-order valence-electron chi connectivity index (χ4n) is 1.87. The van der Waals surface area contributed by atoms with Crippen LogP contribution in [0.2, 0.25) is 4.34 Å². The molecule has 2 aromatic rings. The van der Waals surface area contributed by atoms with E-state index in [-0.39, 0.29) is 6.04 Å². The first-order valence-electron chi connectivity index (χ1n) is 5.80. The largest absolute Gasteiger partial charge is 0.497 e. The minimum atomic E-state index is -0.277. The van der Waals surface area contributed by atoms with Crippen LogP contribution in [0, 0.1) is 6.92 Å². The average molecular weight is 298 g/mol. The fraction of sp³-hybridized carbons (Fsp3) is 0.286. The van der Waals surface area contributed by atoms with Gasteiger partial charge in [-0.2, -0.15) is 0 Å². The number of methoxy groups -OCH3 is 2. The van der Waals surface area contributed by atoms with Gasteiger partial charge in [-0.05, 0) is 36.8 Å². The van der Waals surface area contributed by atoms with Gasteiger partial charge in [0.2, 0.25) is 0 Å². The molecule has 0 saturated heterocycles. The van der Waals surface area contributed by atoms with Crippen LogP contribution in [-0.2, 0) is 0 Å². The van der Waals surface area contributed by atoms with Crippen LogP contribution in [0.4, 0.5) is 0 Å². The Morgan fingerprint density at radius 1 is 1.21 bits per heavy atom. The van der Waals surface area contributed by atoms with Crippen molar-refractivity contribution >= 4 is 22.9 Å². The molecule has 0 bridgehead atoms. The van der Waals surface area contributed by atoms with Crippen molar-refractivity contribution in [2.24, 2.45) is 5.73 Å². The molecule has 102 valence electrons. The molecule has 0 spiro atoms. The van der Waals surface area contributed by atoms with Crippen LogP contribution >= 0.6 is 22.9 Å². The van der Waals surface area contributed by atoms with E-state index >= 15 is 0 Å². The highest BCUT2D eigenvalue weighted by Crippen LogP contribution is 2.37. The quantitative estimate of drug-likeness (QED) is 0.934. The molecule has 0 aliphatic heterocycles. The third kappa shape index (κ3) is 2.86. The molecule has 1 heterocycles. The standard InChI is InChI=1S/C14H16ClNO2S/c1-8-6-12(19-14(8)15)13(16)10-7-9(17-2)4-5-11(10)18-3/h4-7,13H,16H2,1-3H3. The predicted octanol–water partition coefficient (Wildman–Crippen LogP) is 3.78. The van der Waals surface area contributed by atoms with E-state index in [0.717, 1.165) is 31.8 Å². The van der Waals surface area contributed by atoms with Gasteiger partial charge < -0.3 is 15.2 Å². The van der Waals surface area contributed by atoms with Crippen molar-refractivity contribution in [3.8, 4) is 11.5 Å². The molecule has 0 aliphatic rings. The lowest BCUT2D eigenvalue weighted by molar-refractivity contribution is 0.397. The molecule has 3 nitrogen and oxygen atoms in total. The lowest BCUT2D eigenvalue weighted by Crippen LogP contribution is -2.11. The van der Waals surface area contributed by atoms with Gasteiger partial charge in [0.1, 0.15) is 11.5 Å². The van der Waals surface area contributed by atoms with Gasteiger partial charge in [-0.3, -0.25) is 0 Å². The summed E-state index contributed by atoms with van der Waals surface area (Å²) in [5.41, 5.74) is 8.24. The summed E-state index contributed by atoms with van der Waals surface area (Å²) >= 11 is 7.59. The highest BCUT2D eigenvalue weighted by molar-refractivity contribution is 7.16. The van der Waals surface area contributed by atoms with Crippen LogP contribution in [0.1, 0.15) is 22.0 Å². The third-order valence-electron chi connectivity index (χ3n) is 2.95. The molecular weight excluding hydrogens is 282 g/mol. The van der Waals surface area contributed by atoms with Gasteiger partial charge >= 0.3 is 0 Å². The van der Waals surface area contributed by atoms with Crippen molar-refractivity contribution in [3.05, 3.63) is 44.6 Å². The molecule has 19 heavy (non-hydrogen) atoms. The Kier molecular flexibility index (Phi) is 4.34. The van der Waals surface area contributed by atoms with Gasteiger partial charge in [-0.1, -0.05) is 11.6 Å². The minimum absolute atomic E-state index is 0.277. The number of benzene rings is 1. The normalized spacial score (nSPS) is 12.3. The molecule has 0 saturated carbocycles. The lowest BCUT2D eigenvalue weighted by Gasteiger charge is -2.15. The van der Waals surface area contributed by atoms with Crippen LogP contribution in [0.15, 0.2) is 24.3 Å². The van der Waals surface area contributed by atoms with Gasteiger partial charge in [-0.25, -0.2) is 0 Å². The molecule has 0 radical (unpaired) electrons. The summed E-state index contributed by atoms with van der Waals surface area (Å²) < 4.78 is 11.4. The van der Waals surface area contributed by atoms with E-state index in [1.165, 1.54) is 11.3 Å². The van der Waals surface area contributed by atoms with Gasteiger partial charge in [0, 0.05) is 10.4 Å².